The fraction of sp³-hybridized carbons (Fsp3) is 0.273. The second-order valence-electron chi connectivity index (χ2n) is 3.77. The molecule has 0 radical (unpaired) electrons. The highest BCUT2D eigenvalue weighted by Gasteiger charge is 2.31. The molecule has 20 heavy (non-hydrogen) atoms. The maximum atomic E-state index is 12.1. The van der Waals surface area contributed by atoms with Crippen molar-refractivity contribution in [1.82, 2.24) is 10.3 Å². The summed E-state index contributed by atoms with van der Waals surface area (Å²) >= 11 is 1.07. The van der Waals surface area contributed by atoms with Gasteiger partial charge in [0.15, 0.2) is 5.13 Å². The van der Waals surface area contributed by atoms with Crippen molar-refractivity contribution in [2.24, 2.45) is 0 Å². The quantitative estimate of drug-likeness (QED) is 0.910. The van der Waals surface area contributed by atoms with E-state index in [0.717, 1.165) is 11.3 Å². The van der Waals surface area contributed by atoms with Gasteiger partial charge in [0.05, 0.1) is 16.8 Å². The molecule has 0 fully saturated rings. The van der Waals surface area contributed by atoms with Crippen LogP contribution in [0.25, 0.3) is 10.2 Å². The number of nitrogens with one attached hydrogen (secondary N) is 2. The number of hydrogen-bond acceptors (Lipinski definition) is 5. The fourth-order valence-corrected chi connectivity index (χ4v) is 2.39. The first-order valence-corrected chi connectivity index (χ1v) is 6.30. The molecule has 5 nitrogen and oxygen atoms in total. The van der Waals surface area contributed by atoms with Gasteiger partial charge in [0.25, 0.3) is 0 Å². The average molecular weight is 305 g/mol. The van der Waals surface area contributed by atoms with Crippen LogP contribution >= 0.6 is 11.3 Å². The number of carbonyl (C=O) groups is 1. The monoisotopic (exact) mass is 305 g/mol. The molecule has 0 atom stereocenters. The summed E-state index contributed by atoms with van der Waals surface area (Å²) in [7, 11) is 1.62. The van der Waals surface area contributed by atoms with E-state index in [1.54, 1.807) is 7.05 Å². The Balaban J connectivity index is 2.19. The standard InChI is InChI=1S/C11H10F3N3O2S/c1-15-5-9(18)17-10-16-7-3-2-6(4-8(7)20-10)19-11(12,13)14/h2-4,15H,5H2,1H3,(H,16,17,18). The Labute approximate surface area is 115 Å². The lowest BCUT2D eigenvalue weighted by Gasteiger charge is -2.07. The van der Waals surface area contributed by atoms with Gasteiger partial charge in [0.1, 0.15) is 5.75 Å². The van der Waals surface area contributed by atoms with Crippen LogP contribution in [-0.4, -0.2) is 30.8 Å². The van der Waals surface area contributed by atoms with Gasteiger partial charge in [-0.25, -0.2) is 4.98 Å². The second kappa shape index (κ2) is 5.63. The summed E-state index contributed by atoms with van der Waals surface area (Å²) in [5.41, 5.74) is 0.490. The molecule has 0 aliphatic heterocycles. The van der Waals surface area contributed by atoms with Crippen LogP contribution in [0.15, 0.2) is 18.2 Å². The highest BCUT2D eigenvalue weighted by atomic mass is 32.1. The maximum Gasteiger partial charge on any atom is 0.573 e. The van der Waals surface area contributed by atoms with Crippen molar-refractivity contribution in [1.29, 1.82) is 0 Å². The highest BCUT2D eigenvalue weighted by molar-refractivity contribution is 7.22. The minimum atomic E-state index is -4.73. The van der Waals surface area contributed by atoms with Gasteiger partial charge in [-0.2, -0.15) is 0 Å². The number of ether oxygens (including phenoxy) is 1. The molecule has 2 aromatic rings. The molecule has 0 spiro atoms. The molecule has 108 valence electrons. The van der Waals surface area contributed by atoms with Crippen LogP contribution in [-0.2, 0) is 4.79 Å². The number of anilines is 1. The normalized spacial score (nSPS) is 11.6. The Morgan fingerprint density at radius 1 is 1.45 bits per heavy atom. The number of carbonyl (C=O) groups excluding carboxylic acids is 1. The van der Waals surface area contributed by atoms with Gasteiger partial charge in [0.2, 0.25) is 5.91 Å². The topological polar surface area (TPSA) is 63.2 Å². The lowest BCUT2D eigenvalue weighted by atomic mass is 10.3. The van der Waals surface area contributed by atoms with E-state index < -0.39 is 6.36 Å². The lowest BCUT2D eigenvalue weighted by Crippen LogP contribution is -2.24. The summed E-state index contributed by atoms with van der Waals surface area (Å²) in [5, 5.41) is 5.54. The number of likely N-dealkylation sites (N-methyl/N-ethyl adjacent to an activating group) is 1. The zero-order chi connectivity index (χ0) is 14.8. The summed E-state index contributed by atoms with van der Waals surface area (Å²) < 4.78 is 40.6. The third kappa shape index (κ3) is 3.81. The van der Waals surface area contributed by atoms with Crippen molar-refractivity contribution in [3.05, 3.63) is 18.2 Å². The number of hydrogen-bond donors (Lipinski definition) is 2. The number of halogens is 3. The van der Waals surface area contributed by atoms with E-state index in [-0.39, 0.29) is 18.2 Å². The zero-order valence-corrected chi connectivity index (χ0v) is 11.1. The Morgan fingerprint density at radius 2 is 2.20 bits per heavy atom. The molecular formula is C11H10F3N3O2S. The van der Waals surface area contributed by atoms with Crippen molar-refractivity contribution in [2.75, 3.05) is 18.9 Å². The molecule has 1 amide bonds. The first kappa shape index (κ1) is 14.5. The Morgan fingerprint density at radius 3 is 2.85 bits per heavy atom. The molecule has 9 heteroatoms. The van der Waals surface area contributed by atoms with Crippen molar-refractivity contribution in [3.8, 4) is 5.75 Å². The van der Waals surface area contributed by atoms with Gasteiger partial charge in [-0.15, -0.1) is 13.2 Å². The predicted molar refractivity (Wildman–Crippen MR) is 68.9 cm³/mol. The van der Waals surface area contributed by atoms with E-state index in [1.165, 1.54) is 18.2 Å². The minimum Gasteiger partial charge on any atom is -0.406 e. The van der Waals surface area contributed by atoms with Crippen LogP contribution in [0.3, 0.4) is 0 Å². The smallest absolute Gasteiger partial charge is 0.406 e. The largest absolute Gasteiger partial charge is 0.573 e. The lowest BCUT2D eigenvalue weighted by molar-refractivity contribution is -0.274. The first-order chi connectivity index (χ1) is 9.37. The summed E-state index contributed by atoms with van der Waals surface area (Å²) in [5.74, 6) is -0.597. The van der Waals surface area contributed by atoms with E-state index in [1.807, 2.05) is 0 Å². The molecular weight excluding hydrogens is 295 g/mol. The van der Waals surface area contributed by atoms with Crippen molar-refractivity contribution < 1.29 is 22.7 Å². The molecule has 0 saturated carbocycles. The Bertz CT molecular complexity index is 627. The third-order valence-electron chi connectivity index (χ3n) is 2.18. The van der Waals surface area contributed by atoms with Crippen LogP contribution in [0.4, 0.5) is 18.3 Å². The van der Waals surface area contributed by atoms with Gasteiger partial charge in [-0.1, -0.05) is 11.3 Å². The van der Waals surface area contributed by atoms with Crippen LogP contribution in [0.1, 0.15) is 0 Å². The molecule has 0 saturated heterocycles. The number of aromatic nitrogens is 1. The predicted octanol–water partition coefficient (Wildman–Crippen LogP) is 2.35. The molecule has 0 bridgehead atoms. The van der Waals surface area contributed by atoms with Gasteiger partial charge >= 0.3 is 6.36 Å². The number of benzene rings is 1. The van der Waals surface area contributed by atoms with Gasteiger partial charge in [0, 0.05) is 6.07 Å². The average Bonchev–Trinajstić information content (AvgIpc) is 2.68. The molecule has 1 aromatic carbocycles. The van der Waals surface area contributed by atoms with Crippen molar-refractivity contribution in [3.63, 3.8) is 0 Å². The van der Waals surface area contributed by atoms with Crippen molar-refractivity contribution in [2.45, 2.75) is 6.36 Å². The number of amides is 1. The SMILES string of the molecule is CNCC(=O)Nc1nc2ccc(OC(F)(F)F)cc2s1. The molecule has 0 aliphatic rings. The van der Waals surface area contributed by atoms with E-state index in [2.05, 4.69) is 20.4 Å². The summed E-state index contributed by atoms with van der Waals surface area (Å²) in [6.07, 6.45) is -4.73. The van der Waals surface area contributed by atoms with E-state index in [4.69, 9.17) is 0 Å². The van der Waals surface area contributed by atoms with E-state index >= 15 is 0 Å². The van der Waals surface area contributed by atoms with Gasteiger partial charge < -0.3 is 15.4 Å². The number of nitrogens with zero attached hydrogens (tertiary/aromatic N) is 1. The maximum absolute atomic E-state index is 12.1. The number of fused-ring (bicyclic) bond motifs is 1. The molecule has 0 aliphatic carbocycles. The first-order valence-electron chi connectivity index (χ1n) is 5.48. The third-order valence-corrected chi connectivity index (χ3v) is 3.11. The van der Waals surface area contributed by atoms with E-state index in [0.29, 0.717) is 15.3 Å². The number of alkyl halides is 3. The van der Waals surface area contributed by atoms with Crippen LogP contribution < -0.4 is 15.4 Å². The van der Waals surface area contributed by atoms with Crippen LogP contribution in [0.2, 0.25) is 0 Å². The van der Waals surface area contributed by atoms with Crippen LogP contribution in [0, 0.1) is 0 Å². The molecule has 0 unspecified atom stereocenters. The Hall–Kier alpha value is -1.87. The zero-order valence-electron chi connectivity index (χ0n) is 10.2. The van der Waals surface area contributed by atoms with Crippen molar-refractivity contribution >= 4 is 32.6 Å². The van der Waals surface area contributed by atoms with Crippen LogP contribution in [0.5, 0.6) is 5.75 Å². The fourth-order valence-electron chi connectivity index (χ4n) is 1.48. The summed E-state index contributed by atoms with van der Waals surface area (Å²) in [6.45, 7) is 0.123. The van der Waals surface area contributed by atoms with Gasteiger partial charge in [-0.05, 0) is 19.2 Å². The molecule has 1 aromatic heterocycles. The highest BCUT2D eigenvalue weighted by Crippen LogP contribution is 2.31. The molecule has 2 N–H and O–H groups in total. The second-order valence-corrected chi connectivity index (χ2v) is 4.81. The Kier molecular flexibility index (Phi) is 4.09. The molecule has 1 heterocycles. The number of rotatable bonds is 4. The van der Waals surface area contributed by atoms with Gasteiger partial charge in [-0.3, -0.25) is 4.79 Å². The minimum absolute atomic E-state index is 0.123. The summed E-state index contributed by atoms with van der Waals surface area (Å²) in [4.78, 5) is 15.5. The molecule has 2 rings (SSSR count). The van der Waals surface area contributed by atoms with E-state index in [9.17, 15) is 18.0 Å². The summed E-state index contributed by atoms with van der Waals surface area (Å²) in [6, 6.07) is 3.81. The number of thiazole rings is 1.